The molecule has 8 heteroatoms. The number of carbonyl (C=O) groups is 3. The van der Waals surface area contributed by atoms with Gasteiger partial charge < -0.3 is 25.4 Å². The van der Waals surface area contributed by atoms with Gasteiger partial charge in [-0.1, -0.05) is 60.5 Å². The molecule has 2 atom stereocenters. The zero-order valence-corrected chi connectivity index (χ0v) is 23.2. The molecule has 8 nitrogen and oxygen atoms in total. The maximum absolute atomic E-state index is 13.9. The average molecular weight is 542 g/mol. The minimum Gasteiger partial charge on any atom is -0.508 e. The van der Waals surface area contributed by atoms with Crippen molar-refractivity contribution in [2.45, 2.75) is 51.4 Å². The standard InChI is InChI=1S/C32H35N3O5/c1-6-22-12-16-25(17-13-22)28(29(37)33-21-24-10-8-7-9-11-24)35(5)30(38)27(34-31(39)40-32(2,3)4)20-23-14-18-26(36)19-15-23/h1,7-19,27-28,36H,20-21H2,2-5H3,(H,33,37)(H,34,39). The van der Waals surface area contributed by atoms with Crippen molar-refractivity contribution in [2.24, 2.45) is 0 Å². The van der Waals surface area contributed by atoms with Crippen molar-refractivity contribution in [1.29, 1.82) is 0 Å². The molecule has 208 valence electrons. The van der Waals surface area contributed by atoms with Crippen LogP contribution in [0.5, 0.6) is 5.75 Å². The van der Waals surface area contributed by atoms with Crippen molar-refractivity contribution in [3.8, 4) is 18.1 Å². The van der Waals surface area contributed by atoms with Crippen LogP contribution in [0.2, 0.25) is 0 Å². The summed E-state index contributed by atoms with van der Waals surface area (Å²) in [5.41, 5.74) is 2.02. The van der Waals surface area contributed by atoms with Crippen molar-refractivity contribution in [1.82, 2.24) is 15.5 Å². The molecule has 0 radical (unpaired) electrons. The summed E-state index contributed by atoms with van der Waals surface area (Å²) in [6.07, 6.45) is 4.85. The van der Waals surface area contributed by atoms with E-state index >= 15 is 0 Å². The number of rotatable bonds is 9. The van der Waals surface area contributed by atoms with Gasteiger partial charge in [-0.25, -0.2) is 4.79 Å². The smallest absolute Gasteiger partial charge is 0.408 e. The maximum atomic E-state index is 13.9. The molecule has 0 saturated carbocycles. The lowest BCUT2D eigenvalue weighted by Crippen LogP contribution is -2.52. The molecule has 3 aromatic carbocycles. The van der Waals surface area contributed by atoms with Crippen molar-refractivity contribution in [2.75, 3.05) is 7.05 Å². The molecule has 0 heterocycles. The summed E-state index contributed by atoms with van der Waals surface area (Å²) in [4.78, 5) is 41.5. The van der Waals surface area contributed by atoms with Crippen molar-refractivity contribution >= 4 is 17.9 Å². The summed E-state index contributed by atoms with van der Waals surface area (Å²) >= 11 is 0. The van der Waals surface area contributed by atoms with Crippen LogP contribution in [0.3, 0.4) is 0 Å². The second-order valence-electron chi connectivity index (χ2n) is 10.4. The minimum absolute atomic E-state index is 0.0782. The van der Waals surface area contributed by atoms with Crippen LogP contribution < -0.4 is 10.6 Å². The number of likely N-dealkylation sites (N-methyl/N-ethyl adjacent to an activating group) is 1. The average Bonchev–Trinajstić information content (AvgIpc) is 2.92. The molecule has 3 amide bonds. The summed E-state index contributed by atoms with van der Waals surface area (Å²) in [7, 11) is 1.52. The Morgan fingerprint density at radius 2 is 1.57 bits per heavy atom. The predicted octanol–water partition coefficient (Wildman–Crippen LogP) is 4.33. The summed E-state index contributed by atoms with van der Waals surface area (Å²) in [5.74, 6) is 1.73. The first kappa shape index (κ1) is 29.8. The lowest BCUT2D eigenvalue weighted by atomic mass is 10.00. The lowest BCUT2D eigenvalue weighted by Gasteiger charge is -2.32. The molecule has 0 saturated heterocycles. The number of amides is 3. The number of hydrogen-bond donors (Lipinski definition) is 3. The first-order chi connectivity index (χ1) is 19.0. The number of benzene rings is 3. The predicted molar refractivity (Wildman–Crippen MR) is 153 cm³/mol. The van der Waals surface area contributed by atoms with E-state index < -0.39 is 35.6 Å². The Labute approximate surface area is 235 Å². The van der Waals surface area contributed by atoms with E-state index in [9.17, 15) is 19.5 Å². The van der Waals surface area contributed by atoms with Crippen LogP contribution in [-0.4, -0.2) is 46.6 Å². The van der Waals surface area contributed by atoms with Gasteiger partial charge in [0.2, 0.25) is 11.8 Å². The fourth-order valence-corrected chi connectivity index (χ4v) is 4.08. The minimum atomic E-state index is -1.06. The van der Waals surface area contributed by atoms with Crippen LogP contribution >= 0.6 is 0 Å². The molecule has 3 rings (SSSR count). The zero-order chi connectivity index (χ0) is 29.3. The lowest BCUT2D eigenvalue weighted by molar-refractivity contribution is -0.140. The van der Waals surface area contributed by atoms with E-state index in [1.54, 1.807) is 57.2 Å². The number of ether oxygens (including phenoxy) is 1. The number of nitrogens with zero attached hydrogens (tertiary/aromatic N) is 1. The van der Waals surface area contributed by atoms with E-state index in [0.29, 0.717) is 16.7 Å². The number of hydrogen-bond acceptors (Lipinski definition) is 5. The van der Waals surface area contributed by atoms with Gasteiger partial charge in [0.1, 0.15) is 23.4 Å². The van der Waals surface area contributed by atoms with Gasteiger partial charge in [0.25, 0.3) is 0 Å². The number of terminal acetylenes is 1. The van der Waals surface area contributed by atoms with Gasteiger partial charge in [-0.3, -0.25) is 9.59 Å². The Kier molecular flexibility index (Phi) is 9.93. The number of nitrogens with one attached hydrogen (secondary N) is 2. The molecule has 2 unspecified atom stereocenters. The molecule has 3 N–H and O–H groups in total. The quantitative estimate of drug-likeness (QED) is 0.350. The van der Waals surface area contributed by atoms with Crippen LogP contribution in [0.1, 0.15) is 49.1 Å². The van der Waals surface area contributed by atoms with E-state index in [-0.39, 0.29) is 18.7 Å². The van der Waals surface area contributed by atoms with E-state index in [1.165, 1.54) is 24.1 Å². The zero-order valence-electron chi connectivity index (χ0n) is 23.2. The van der Waals surface area contributed by atoms with E-state index in [4.69, 9.17) is 11.2 Å². The number of aromatic hydroxyl groups is 1. The monoisotopic (exact) mass is 541 g/mol. The molecule has 0 spiro atoms. The number of phenols is 1. The Morgan fingerprint density at radius 1 is 0.950 bits per heavy atom. The van der Waals surface area contributed by atoms with Crippen molar-refractivity contribution < 1.29 is 24.2 Å². The molecular formula is C32H35N3O5. The summed E-state index contributed by atoms with van der Waals surface area (Å²) in [6, 6.07) is 20.5. The molecule has 0 aliphatic rings. The van der Waals surface area contributed by atoms with Gasteiger partial charge >= 0.3 is 6.09 Å². The summed E-state index contributed by atoms with van der Waals surface area (Å²) in [6.45, 7) is 5.45. The SMILES string of the molecule is C#Cc1ccc(C(C(=O)NCc2ccccc2)N(C)C(=O)C(Cc2ccc(O)cc2)NC(=O)OC(C)(C)C)cc1. The van der Waals surface area contributed by atoms with E-state index in [1.807, 2.05) is 30.3 Å². The normalized spacial score (nSPS) is 12.4. The largest absolute Gasteiger partial charge is 0.508 e. The first-order valence-corrected chi connectivity index (χ1v) is 12.9. The Bertz CT molecular complexity index is 1340. The third-order valence-electron chi connectivity index (χ3n) is 6.05. The van der Waals surface area contributed by atoms with Crippen molar-refractivity contribution in [3.05, 3.63) is 101 Å². The fourth-order valence-electron chi connectivity index (χ4n) is 4.08. The Balaban J connectivity index is 1.91. The molecule has 0 fully saturated rings. The summed E-state index contributed by atoms with van der Waals surface area (Å²) < 4.78 is 5.40. The second kappa shape index (κ2) is 13.3. The molecule has 0 bridgehead atoms. The summed E-state index contributed by atoms with van der Waals surface area (Å²) in [5, 5.41) is 15.3. The van der Waals surface area contributed by atoms with Crippen LogP contribution in [0.25, 0.3) is 0 Å². The van der Waals surface area contributed by atoms with E-state index in [0.717, 1.165) is 5.56 Å². The molecule has 0 aliphatic carbocycles. The van der Waals surface area contributed by atoms with Crippen LogP contribution in [0.4, 0.5) is 4.79 Å². The van der Waals surface area contributed by atoms with Gasteiger partial charge in [-0.2, -0.15) is 0 Å². The molecular weight excluding hydrogens is 506 g/mol. The molecule has 40 heavy (non-hydrogen) atoms. The number of carbonyl (C=O) groups excluding carboxylic acids is 3. The molecule has 0 aliphatic heterocycles. The Morgan fingerprint density at radius 3 is 2.15 bits per heavy atom. The maximum Gasteiger partial charge on any atom is 0.408 e. The van der Waals surface area contributed by atoms with E-state index in [2.05, 4.69) is 16.6 Å². The Hall–Kier alpha value is -4.77. The van der Waals surface area contributed by atoms with Gasteiger partial charge in [0, 0.05) is 25.6 Å². The van der Waals surface area contributed by atoms with Crippen molar-refractivity contribution in [3.63, 3.8) is 0 Å². The highest BCUT2D eigenvalue weighted by molar-refractivity contribution is 5.92. The van der Waals surface area contributed by atoms with Crippen LogP contribution in [0, 0.1) is 12.3 Å². The topological polar surface area (TPSA) is 108 Å². The second-order valence-corrected chi connectivity index (χ2v) is 10.4. The highest BCUT2D eigenvalue weighted by Crippen LogP contribution is 2.23. The van der Waals surface area contributed by atoms with Gasteiger partial charge in [-0.15, -0.1) is 6.42 Å². The highest BCUT2D eigenvalue weighted by atomic mass is 16.6. The third-order valence-corrected chi connectivity index (χ3v) is 6.05. The molecule has 0 aromatic heterocycles. The van der Waals surface area contributed by atoms with Crippen LogP contribution in [0.15, 0.2) is 78.9 Å². The van der Waals surface area contributed by atoms with Gasteiger partial charge in [0.15, 0.2) is 0 Å². The van der Waals surface area contributed by atoms with Gasteiger partial charge in [-0.05, 0) is 61.7 Å². The fraction of sp³-hybridized carbons (Fsp3) is 0.281. The highest BCUT2D eigenvalue weighted by Gasteiger charge is 2.34. The van der Waals surface area contributed by atoms with Gasteiger partial charge in [0.05, 0.1) is 0 Å². The number of phenolic OH excluding ortho intramolecular Hbond substituents is 1. The molecule has 3 aromatic rings. The third kappa shape index (κ3) is 8.63. The first-order valence-electron chi connectivity index (χ1n) is 12.9. The van der Waals surface area contributed by atoms with Crippen LogP contribution in [-0.2, 0) is 27.3 Å². The number of alkyl carbamates (subject to hydrolysis) is 1.